The predicted octanol–water partition coefficient (Wildman–Crippen LogP) is 5.96. The van der Waals surface area contributed by atoms with E-state index in [-0.39, 0.29) is 17.6 Å². The van der Waals surface area contributed by atoms with E-state index in [1.807, 2.05) is 23.1 Å². The average molecular weight is 496 g/mol. The second kappa shape index (κ2) is 14.1. The second-order valence-electron chi connectivity index (χ2n) is 10.4. The molecule has 1 heterocycles. The largest absolute Gasteiger partial charge is 0.352 e. The van der Waals surface area contributed by atoms with Gasteiger partial charge >= 0.3 is 0 Å². The standard InChI is InChI=1S/C30H42FN3O2/c1-23(2)16-20-33-18-7-5-4-6-8-19-34(24(3)35)29-14-11-26(21-27(29)22-33)30(36)32-17-15-25-9-12-28(31)13-10-25/h9-14,21,23H,4-8,15-20,22H2,1-3H3,(H,32,36). The highest BCUT2D eigenvalue weighted by Crippen LogP contribution is 2.26. The Hall–Kier alpha value is -2.73. The summed E-state index contributed by atoms with van der Waals surface area (Å²) in [4.78, 5) is 30.0. The lowest BCUT2D eigenvalue weighted by Crippen LogP contribution is -2.33. The van der Waals surface area contributed by atoms with Crippen LogP contribution in [0, 0.1) is 11.7 Å². The van der Waals surface area contributed by atoms with Crippen LogP contribution in [-0.2, 0) is 17.8 Å². The third-order valence-electron chi connectivity index (χ3n) is 6.90. The Kier molecular flexibility index (Phi) is 10.9. The zero-order valence-electron chi connectivity index (χ0n) is 22.2. The molecule has 0 saturated carbocycles. The molecule has 0 bridgehead atoms. The Balaban J connectivity index is 1.80. The van der Waals surface area contributed by atoms with Gasteiger partial charge in [-0.05, 0) is 86.1 Å². The Morgan fingerprint density at radius 2 is 1.67 bits per heavy atom. The van der Waals surface area contributed by atoms with Crippen molar-refractivity contribution in [2.45, 2.75) is 72.3 Å². The predicted molar refractivity (Wildman–Crippen MR) is 145 cm³/mol. The minimum absolute atomic E-state index is 0.0403. The zero-order chi connectivity index (χ0) is 25.9. The Morgan fingerprint density at radius 1 is 0.972 bits per heavy atom. The lowest BCUT2D eigenvalue weighted by Gasteiger charge is -2.29. The molecule has 2 aromatic carbocycles. The van der Waals surface area contributed by atoms with Crippen molar-refractivity contribution in [1.82, 2.24) is 10.2 Å². The molecule has 36 heavy (non-hydrogen) atoms. The molecule has 0 saturated heterocycles. The van der Waals surface area contributed by atoms with E-state index in [4.69, 9.17) is 0 Å². The molecule has 2 amide bonds. The molecule has 2 aromatic rings. The van der Waals surface area contributed by atoms with Gasteiger partial charge in [0.1, 0.15) is 5.82 Å². The van der Waals surface area contributed by atoms with Crippen LogP contribution in [0.1, 0.15) is 80.8 Å². The van der Waals surface area contributed by atoms with Gasteiger partial charge in [-0.25, -0.2) is 4.39 Å². The van der Waals surface area contributed by atoms with Gasteiger partial charge in [0.15, 0.2) is 0 Å². The van der Waals surface area contributed by atoms with Crippen LogP contribution < -0.4 is 10.2 Å². The molecule has 0 fully saturated rings. The molecule has 0 aliphatic carbocycles. The summed E-state index contributed by atoms with van der Waals surface area (Å²) in [7, 11) is 0. The highest BCUT2D eigenvalue weighted by molar-refractivity contribution is 5.97. The summed E-state index contributed by atoms with van der Waals surface area (Å²) >= 11 is 0. The van der Waals surface area contributed by atoms with Gasteiger partial charge in [0.25, 0.3) is 5.91 Å². The van der Waals surface area contributed by atoms with Gasteiger partial charge in [-0.3, -0.25) is 14.5 Å². The van der Waals surface area contributed by atoms with Crippen molar-refractivity contribution in [3.63, 3.8) is 0 Å². The summed E-state index contributed by atoms with van der Waals surface area (Å²) in [6, 6.07) is 12.1. The number of amides is 2. The Morgan fingerprint density at radius 3 is 2.36 bits per heavy atom. The fourth-order valence-electron chi connectivity index (χ4n) is 4.72. The quantitative estimate of drug-likeness (QED) is 0.515. The summed E-state index contributed by atoms with van der Waals surface area (Å²) < 4.78 is 13.1. The van der Waals surface area contributed by atoms with E-state index in [2.05, 4.69) is 24.1 Å². The number of fused-ring (bicyclic) bond motifs is 1. The molecule has 0 unspecified atom stereocenters. The monoisotopic (exact) mass is 495 g/mol. The smallest absolute Gasteiger partial charge is 0.251 e. The maximum absolute atomic E-state index is 13.1. The summed E-state index contributed by atoms with van der Waals surface area (Å²) in [5, 5.41) is 3.00. The number of hydrogen-bond donors (Lipinski definition) is 1. The number of anilines is 1. The van der Waals surface area contributed by atoms with E-state index in [0.29, 0.717) is 31.0 Å². The van der Waals surface area contributed by atoms with Gasteiger partial charge in [-0.2, -0.15) is 0 Å². The number of nitrogens with one attached hydrogen (secondary N) is 1. The molecule has 0 radical (unpaired) electrons. The van der Waals surface area contributed by atoms with Crippen LogP contribution in [0.4, 0.5) is 10.1 Å². The summed E-state index contributed by atoms with van der Waals surface area (Å²) in [5.41, 5.74) is 3.53. The first-order valence-electron chi connectivity index (χ1n) is 13.5. The SMILES string of the molecule is CC(=O)N1CCCCCCCN(CCC(C)C)Cc2cc(C(=O)NCCc3ccc(F)cc3)ccc21. The third-order valence-corrected chi connectivity index (χ3v) is 6.90. The number of nitrogens with zero attached hydrogens (tertiary/aromatic N) is 2. The molecular weight excluding hydrogens is 453 g/mol. The van der Waals surface area contributed by atoms with E-state index < -0.39 is 0 Å². The van der Waals surface area contributed by atoms with Crippen LogP contribution in [0.15, 0.2) is 42.5 Å². The summed E-state index contributed by atoms with van der Waals surface area (Å²) in [6.45, 7) is 10.1. The fraction of sp³-hybridized carbons (Fsp3) is 0.533. The molecule has 5 nitrogen and oxygen atoms in total. The molecular formula is C30H42FN3O2. The van der Waals surface area contributed by atoms with Crippen LogP contribution >= 0.6 is 0 Å². The average Bonchev–Trinajstić information content (AvgIpc) is 2.84. The van der Waals surface area contributed by atoms with Crippen molar-refractivity contribution < 1.29 is 14.0 Å². The molecule has 0 aromatic heterocycles. The minimum Gasteiger partial charge on any atom is -0.352 e. The van der Waals surface area contributed by atoms with Crippen LogP contribution in [0.25, 0.3) is 0 Å². The highest BCUT2D eigenvalue weighted by atomic mass is 19.1. The topological polar surface area (TPSA) is 52.7 Å². The van der Waals surface area contributed by atoms with Crippen molar-refractivity contribution in [3.05, 3.63) is 65.0 Å². The summed E-state index contributed by atoms with van der Waals surface area (Å²) in [6.07, 6.45) is 7.46. The molecule has 6 heteroatoms. The highest BCUT2D eigenvalue weighted by Gasteiger charge is 2.20. The van der Waals surface area contributed by atoms with Crippen LogP contribution in [0.3, 0.4) is 0 Å². The lowest BCUT2D eigenvalue weighted by atomic mass is 10.0. The van der Waals surface area contributed by atoms with Gasteiger partial charge in [-0.1, -0.05) is 45.2 Å². The van der Waals surface area contributed by atoms with Crippen molar-refractivity contribution in [3.8, 4) is 0 Å². The maximum atomic E-state index is 13.1. The number of hydrogen-bond acceptors (Lipinski definition) is 3. The van der Waals surface area contributed by atoms with Crippen LogP contribution in [0.2, 0.25) is 0 Å². The van der Waals surface area contributed by atoms with Crippen LogP contribution in [-0.4, -0.2) is 42.9 Å². The summed E-state index contributed by atoms with van der Waals surface area (Å²) in [5.74, 6) is 0.272. The van der Waals surface area contributed by atoms with E-state index in [9.17, 15) is 14.0 Å². The van der Waals surface area contributed by atoms with Crippen molar-refractivity contribution in [1.29, 1.82) is 0 Å². The first-order chi connectivity index (χ1) is 17.3. The maximum Gasteiger partial charge on any atom is 0.251 e. The first-order valence-corrected chi connectivity index (χ1v) is 13.5. The second-order valence-corrected chi connectivity index (χ2v) is 10.4. The molecule has 0 atom stereocenters. The van der Waals surface area contributed by atoms with Gasteiger partial charge < -0.3 is 10.2 Å². The van der Waals surface area contributed by atoms with E-state index in [1.165, 1.54) is 31.4 Å². The van der Waals surface area contributed by atoms with Crippen molar-refractivity contribution in [2.75, 3.05) is 31.1 Å². The van der Waals surface area contributed by atoms with Gasteiger partial charge in [-0.15, -0.1) is 0 Å². The van der Waals surface area contributed by atoms with E-state index in [1.54, 1.807) is 19.1 Å². The molecule has 196 valence electrons. The first kappa shape index (κ1) is 27.9. The van der Waals surface area contributed by atoms with Gasteiger partial charge in [0, 0.05) is 37.8 Å². The van der Waals surface area contributed by atoms with Crippen LogP contribution in [0.5, 0.6) is 0 Å². The third kappa shape index (κ3) is 8.74. The zero-order valence-corrected chi connectivity index (χ0v) is 22.2. The minimum atomic E-state index is -0.261. The Labute approximate surface area is 216 Å². The lowest BCUT2D eigenvalue weighted by molar-refractivity contribution is -0.116. The van der Waals surface area contributed by atoms with Crippen molar-refractivity contribution >= 4 is 17.5 Å². The number of halogens is 1. The number of benzene rings is 2. The fourth-order valence-corrected chi connectivity index (χ4v) is 4.72. The van der Waals surface area contributed by atoms with E-state index >= 15 is 0 Å². The molecule has 3 rings (SSSR count). The normalized spacial score (nSPS) is 15.6. The van der Waals surface area contributed by atoms with Crippen molar-refractivity contribution in [2.24, 2.45) is 5.92 Å². The number of carbonyl (C=O) groups excluding carboxylic acids is 2. The van der Waals surface area contributed by atoms with E-state index in [0.717, 1.165) is 55.7 Å². The number of carbonyl (C=O) groups is 2. The Bertz CT molecular complexity index is 990. The molecule has 1 aliphatic rings. The molecule has 0 spiro atoms. The molecule has 1 N–H and O–H groups in total. The van der Waals surface area contributed by atoms with Gasteiger partial charge in [0.05, 0.1) is 0 Å². The molecule has 1 aliphatic heterocycles. The van der Waals surface area contributed by atoms with Gasteiger partial charge in [0.2, 0.25) is 5.91 Å². The number of rotatable bonds is 7.